The number of ether oxygens (including phenoxy) is 3. The lowest BCUT2D eigenvalue weighted by molar-refractivity contribution is 0.0522. The summed E-state index contributed by atoms with van der Waals surface area (Å²) in [6, 6.07) is 6.42. The lowest BCUT2D eigenvalue weighted by atomic mass is 9.73. The quantitative estimate of drug-likeness (QED) is 0.214. The average molecular weight is 519 g/mol. The maximum atomic E-state index is 5.70. The number of halogens is 1. The molecule has 29 heavy (non-hydrogen) atoms. The Morgan fingerprint density at radius 3 is 2.62 bits per heavy atom. The van der Waals surface area contributed by atoms with E-state index in [1.807, 2.05) is 6.92 Å². The Bertz CT molecular complexity index is 619. The number of methoxy groups -OCH3 is 1. The van der Waals surface area contributed by atoms with E-state index in [0.717, 1.165) is 70.5 Å². The lowest BCUT2D eigenvalue weighted by Gasteiger charge is -2.37. The van der Waals surface area contributed by atoms with Crippen LogP contribution in [-0.2, 0) is 14.9 Å². The van der Waals surface area contributed by atoms with Crippen LogP contribution in [0.3, 0.4) is 0 Å². The summed E-state index contributed by atoms with van der Waals surface area (Å²) in [5, 5.41) is 6.78. The second-order valence-corrected chi connectivity index (χ2v) is 7.27. The fourth-order valence-corrected chi connectivity index (χ4v) is 3.61. The minimum atomic E-state index is -0.0662. The number of aryl methyl sites for hydroxylation is 1. The third-order valence-electron chi connectivity index (χ3n) is 5.22. The number of hydrogen-bond acceptors (Lipinski definition) is 4. The second-order valence-electron chi connectivity index (χ2n) is 7.27. The van der Waals surface area contributed by atoms with Gasteiger partial charge in [-0.15, -0.1) is 24.0 Å². The number of aliphatic imine (C=N–C) groups is 1. The van der Waals surface area contributed by atoms with Gasteiger partial charge in [-0.05, 0) is 46.1 Å². The maximum absolute atomic E-state index is 5.70. The standard InChI is InChI=1S/C22H37N3O3.HI/c1-5-23-21(24-12-7-13-27-6-2)25-17-22(10-14-28-15-11-22)19-16-18(3)8-9-20(19)26-4;/h8-9,16H,5-7,10-15,17H2,1-4H3,(H2,23,24,25);1H. The Morgan fingerprint density at radius 2 is 1.97 bits per heavy atom. The van der Waals surface area contributed by atoms with E-state index in [0.29, 0.717) is 6.54 Å². The summed E-state index contributed by atoms with van der Waals surface area (Å²) in [7, 11) is 1.74. The van der Waals surface area contributed by atoms with Gasteiger partial charge in [0.05, 0.1) is 13.7 Å². The summed E-state index contributed by atoms with van der Waals surface area (Å²) in [6.07, 6.45) is 2.85. The molecule has 2 N–H and O–H groups in total. The van der Waals surface area contributed by atoms with Crippen molar-refractivity contribution in [3.8, 4) is 5.75 Å². The summed E-state index contributed by atoms with van der Waals surface area (Å²) in [5.74, 6) is 1.80. The highest BCUT2D eigenvalue weighted by molar-refractivity contribution is 14.0. The van der Waals surface area contributed by atoms with Gasteiger partial charge in [-0.1, -0.05) is 17.7 Å². The second kappa shape index (κ2) is 14.0. The van der Waals surface area contributed by atoms with Crippen LogP contribution in [0.25, 0.3) is 0 Å². The molecule has 0 atom stereocenters. The molecule has 7 heteroatoms. The van der Waals surface area contributed by atoms with Crippen LogP contribution >= 0.6 is 24.0 Å². The van der Waals surface area contributed by atoms with Crippen molar-refractivity contribution < 1.29 is 14.2 Å². The van der Waals surface area contributed by atoms with E-state index in [-0.39, 0.29) is 29.4 Å². The van der Waals surface area contributed by atoms with Crippen LogP contribution in [0.4, 0.5) is 0 Å². The van der Waals surface area contributed by atoms with Crippen molar-refractivity contribution in [2.75, 3.05) is 53.2 Å². The van der Waals surface area contributed by atoms with Crippen molar-refractivity contribution >= 4 is 29.9 Å². The van der Waals surface area contributed by atoms with E-state index in [9.17, 15) is 0 Å². The van der Waals surface area contributed by atoms with E-state index in [2.05, 4.69) is 42.7 Å². The number of rotatable bonds is 10. The molecule has 0 aromatic heterocycles. The molecule has 1 aliphatic heterocycles. The van der Waals surface area contributed by atoms with E-state index in [4.69, 9.17) is 19.2 Å². The van der Waals surface area contributed by atoms with Gasteiger partial charge in [-0.2, -0.15) is 0 Å². The average Bonchev–Trinajstić information content (AvgIpc) is 2.72. The first-order valence-corrected chi connectivity index (χ1v) is 10.5. The molecule has 2 rings (SSSR count). The lowest BCUT2D eigenvalue weighted by Crippen LogP contribution is -2.41. The number of hydrogen-bond donors (Lipinski definition) is 2. The molecule has 166 valence electrons. The van der Waals surface area contributed by atoms with Gasteiger partial charge in [0, 0.05) is 50.5 Å². The van der Waals surface area contributed by atoms with Crippen LogP contribution in [-0.4, -0.2) is 59.1 Å². The van der Waals surface area contributed by atoms with Gasteiger partial charge >= 0.3 is 0 Å². The Morgan fingerprint density at radius 1 is 1.21 bits per heavy atom. The SMILES string of the molecule is CCNC(=NCC1(c2cc(C)ccc2OC)CCOCC1)NCCCOCC.I. The normalized spacial score (nSPS) is 16.1. The molecule has 0 saturated carbocycles. The zero-order chi connectivity index (χ0) is 20.2. The first-order valence-electron chi connectivity index (χ1n) is 10.5. The van der Waals surface area contributed by atoms with Crippen molar-refractivity contribution in [2.24, 2.45) is 4.99 Å². The van der Waals surface area contributed by atoms with Crippen LogP contribution in [0.5, 0.6) is 5.75 Å². The molecule has 1 aromatic carbocycles. The van der Waals surface area contributed by atoms with Crippen LogP contribution in [0.15, 0.2) is 23.2 Å². The van der Waals surface area contributed by atoms with Crippen molar-refractivity contribution in [3.63, 3.8) is 0 Å². The molecule has 1 aromatic rings. The minimum Gasteiger partial charge on any atom is -0.496 e. The van der Waals surface area contributed by atoms with Crippen LogP contribution in [0, 0.1) is 6.92 Å². The molecule has 1 saturated heterocycles. The molecule has 1 heterocycles. The Kier molecular flexibility index (Phi) is 12.6. The number of guanidine groups is 1. The molecule has 0 spiro atoms. The van der Waals surface area contributed by atoms with E-state index < -0.39 is 0 Å². The van der Waals surface area contributed by atoms with Gasteiger partial charge in [0.1, 0.15) is 5.75 Å². The van der Waals surface area contributed by atoms with Gasteiger partial charge in [-0.25, -0.2) is 0 Å². The van der Waals surface area contributed by atoms with Gasteiger partial charge in [-0.3, -0.25) is 4.99 Å². The third kappa shape index (κ3) is 7.94. The predicted octanol–water partition coefficient (Wildman–Crippen LogP) is 3.65. The number of nitrogens with one attached hydrogen (secondary N) is 2. The summed E-state index contributed by atoms with van der Waals surface area (Å²) >= 11 is 0. The van der Waals surface area contributed by atoms with Crippen LogP contribution < -0.4 is 15.4 Å². The Hall–Kier alpha value is -1.06. The first kappa shape index (κ1) is 26.0. The molecule has 1 aliphatic rings. The van der Waals surface area contributed by atoms with Crippen molar-refractivity contribution in [1.29, 1.82) is 0 Å². The highest BCUT2D eigenvalue weighted by Gasteiger charge is 2.37. The minimum absolute atomic E-state index is 0. The fourth-order valence-electron chi connectivity index (χ4n) is 3.61. The summed E-state index contributed by atoms with van der Waals surface area (Å²) in [4.78, 5) is 4.95. The van der Waals surface area contributed by atoms with Crippen molar-refractivity contribution in [2.45, 2.75) is 45.4 Å². The molecule has 0 amide bonds. The van der Waals surface area contributed by atoms with Gasteiger partial charge in [0.15, 0.2) is 5.96 Å². The van der Waals surface area contributed by atoms with Gasteiger partial charge in [0.25, 0.3) is 0 Å². The van der Waals surface area contributed by atoms with Crippen molar-refractivity contribution in [1.82, 2.24) is 10.6 Å². The highest BCUT2D eigenvalue weighted by atomic mass is 127. The van der Waals surface area contributed by atoms with Gasteiger partial charge in [0.2, 0.25) is 0 Å². The van der Waals surface area contributed by atoms with Crippen molar-refractivity contribution in [3.05, 3.63) is 29.3 Å². The molecule has 0 radical (unpaired) electrons. The number of nitrogens with zero attached hydrogens (tertiary/aromatic N) is 1. The fraction of sp³-hybridized carbons (Fsp3) is 0.682. The Balaban J connectivity index is 0.00000420. The molecule has 6 nitrogen and oxygen atoms in total. The zero-order valence-corrected chi connectivity index (χ0v) is 20.7. The molecule has 1 fully saturated rings. The largest absolute Gasteiger partial charge is 0.496 e. The van der Waals surface area contributed by atoms with Crippen LogP contribution in [0.1, 0.15) is 44.2 Å². The molecular formula is C22H38IN3O3. The maximum Gasteiger partial charge on any atom is 0.191 e. The third-order valence-corrected chi connectivity index (χ3v) is 5.22. The summed E-state index contributed by atoms with van der Waals surface area (Å²) in [6.45, 7) is 11.7. The Labute approximate surface area is 193 Å². The summed E-state index contributed by atoms with van der Waals surface area (Å²) < 4.78 is 16.8. The topological polar surface area (TPSA) is 64.1 Å². The molecule has 0 aliphatic carbocycles. The van der Waals surface area contributed by atoms with E-state index in [1.54, 1.807) is 7.11 Å². The molecule has 0 bridgehead atoms. The predicted molar refractivity (Wildman–Crippen MR) is 130 cm³/mol. The van der Waals surface area contributed by atoms with Crippen LogP contribution in [0.2, 0.25) is 0 Å². The van der Waals surface area contributed by atoms with Gasteiger partial charge < -0.3 is 24.8 Å². The summed E-state index contributed by atoms with van der Waals surface area (Å²) in [5.41, 5.74) is 2.42. The zero-order valence-electron chi connectivity index (χ0n) is 18.4. The molecule has 0 unspecified atom stereocenters. The smallest absolute Gasteiger partial charge is 0.191 e. The monoisotopic (exact) mass is 519 g/mol. The molecular weight excluding hydrogens is 481 g/mol. The van der Waals surface area contributed by atoms with E-state index >= 15 is 0 Å². The number of benzene rings is 1. The first-order chi connectivity index (χ1) is 13.6. The van der Waals surface area contributed by atoms with E-state index in [1.165, 1.54) is 11.1 Å². The highest BCUT2D eigenvalue weighted by Crippen LogP contribution is 2.40.